The number of cyclic esters (lactones) is 2. The van der Waals surface area contributed by atoms with Gasteiger partial charge in [-0.05, 0) is 30.7 Å². The predicted octanol–water partition coefficient (Wildman–Crippen LogP) is 1.37. The molecule has 0 bridgehead atoms. The highest BCUT2D eigenvalue weighted by molar-refractivity contribution is 6.04. The number of rotatable bonds is 5. The maximum atomic E-state index is 10.4. The highest BCUT2D eigenvalue weighted by Gasteiger charge is 2.10. The van der Waals surface area contributed by atoms with Gasteiger partial charge in [-0.15, -0.1) is 0 Å². The van der Waals surface area contributed by atoms with E-state index in [4.69, 9.17) is 30.6 Å². The Labute approximate surface area is 207 Å². The fourth-order valence-electron chi connectivity index (χ4n) is 1.68. The highest BCUT2D eigenvalue weighted by Crippen LogP contribution is 2.04. The van der Waals surface area contributed by atoms with Gasteiger partial charge in [-0.2, -0.15) is 0 Å². The smallest absolute Gasteiger partial charge is 0.338 e. The second-order valence-electron chi connectivity index (χ2n) is 6.36. The second kappa shape index (κ2) is 21.4. The van der Waals surface area contributed by atoms with Crippen LogP contribution in [-0.2, 0) is 14.3 Å². The van der Waals surface area contributed by atoms with Crippen LogP contribution in [0.2, 0.25) is 0 Å². The summed E-state index contributed by atoms with van der Waals surface area (Å²) in [6.45, 7) is 4.77. The van der Waals surface area contributed by atoms with Crippen molar-refractivity contribution in [1.82, 2.24) is 0 Å². The van der Waals surface area contributed by atoms with Gasteiger partial charge in [0.1, 0.15) is 0 Å². The molecule has 0 aromatic heterocycles. The van der Waals surface area contributed by atoms with Gasteiger partial charge in [-0.25, -0.2) is 19.2 Å². The average molecular weight is 507 g/mol. The lowest BCUT2D eigenvalue weighted by molar-refractivity contribution is -0.150. The van der Waals surface area contributed by atoms with Crippen LogP contribution in [0.25, 0.3) is 6.08 Å². The van der Waals surface area contributed by atoms with E-state index in [1.54, 1.807) is 0 Å². The summed E-state index contributed by atoms with van der Waals surface area (Å²) in [6.07, 6.45) is 3.44. The molecule has 0 amide bonds. The Hall–Kier alpha value is -4.16. The van der Waals surface area contributed by atoms with E-state index < -0.39 is 30.0 Å². The number of aliphatic hydroxyl groups excluding tert-OH is 4. The van der Waals surface area contributed by atoms with Crippen molar-refractivity contribution in [3.63, 3.8) is 0 Å². The number of benzene rings is 2. The molecule has 1 atom stereocenters. The van der Waals surface area contributed by atoms with Crippen molar-refractivity contribution in [1.29, 1.82) is 0 Å². The third-order valence-corrected chi connectivity index (χ3v) is 3.31. The summed E-state index contributed by atoms with van der Waals surface area (Å²) in [5.74, 6) is -3.41. The third kappa shape index (κ3) is 19.3. The molecule has 2 aromatic carbocycles. The largest absolute Gasteiger partial charge is 0.478 e. The van der Waals surface area contributed by atoms with Crippen LogP contribution < -0.4 is 0 Å². The Bertz CT molecular complexity index is 920. The van der Waals surface area contributed by atoms with Gasteiger partial charge in [0.15, 0.2) is 0 Å². The number of carbonyl (C=O) groups is 4. The Morgan fingerprint density at radius 2 is 1.28 bits per heavy atom. The van der Waals surface area contributed by atoms with Gasteiger partial charge in [-0.1, -0.05) is 49.1 Å². The van der Waals surface area contributed by atoms with E-state index in [0.29, 0.717) is 0 Å². The molecule has 0 fully saturated rings. The van der Waals surface area contributed by atoms with Crippen LogP contribution in [0.15, 0.2) is 73.3 Å². The summed E-state index contributed by atoms with van der Waals surface area (Å²) >= 11 is 0. The standard InChI is InChI=1S/C8H6O4.C8H8.C4H2O3.C3H8O2.C2H6O2/c9-7(10)5-2-1-3-6(4-5)8(11)12;1-2-8-6-4-3-5-7-8;5-3-1-2-4(6)7-3;1-3(5)2-4;3-1-2-4/h1-4H,(H,9,10)(H,11,12);2-7H,1H2;1-2H;3-5H,2H2,1H3;3-4H,1-2H2. The van der Waals surface area contributed by atoms with Crippen LogP contribution in [0.3, 0.4) is 0 Å². The molecule has 196 valence electrons. The van der Waals surface area contributed by atoms with Crippen LogP contribution in [0.5, 0.6) is 0 Å². The molecular weight excluding hydrogens is 476 g/mol. The highest BCUT2D eigenvalue weighted by atomic mass is 16.6. The second-order valence-corrected chi connectivity index (χ2v) is 6.36. The molecule has 1 aliphatic rings. The molecule has 6 N–H and O–H groups in total. The summed E-state index contributed by atoms with van der Waals surface area (Å²) < 4.78 is 3.97. The number of carboxylic acids is 2. The molecule has 1 unspecified atom stereocenters. The third-order valence-electron chi connectivity index (χ3n) is 3.31. The number of carboxylic acid groups (broad SMARTS) is 2. The molecule has 36 heavy (non-hydrogen) atoms. The van der Waals surface area contributed by atoms with Gasteiger partial charge in [0.25, 0.3) is 0 Å². The number of aromatic carboxylic acids is 2. The quantitative estimate of drug-likeness (QED) is 0.253. The maximum absolute atomic E-state index is 10.4. The summed E-state index contributed by atoms with van der Waals surface area (Å²) in [5.41, 5.74) is 1.14. The summed E-state index contributed by atoms with van der Waals surface area (Å²) in [4.78, 5) is 40.6. The van der Waals surface area contributed by atoms with Crippen molar-refractivity contribution in [2.24, 2.45) is 0 Å². The van der Waals surface area contributed by atoms with Crippen molar-refractivity contribution in [2.75, 3.05) is 19.8 Å². The van der Waals surface area contributed by atoms with Crippen LogP contribution in [0, 0.1) is 0 Å². The van der Waals surface area contributed by atoms with Gasteiger partial charge in [0.05, 0.1) is 37.1 Å². The van der Waals surface area contributed by atoms with E-state index in [9.17, 15) is 19.2 Å². The number of aliphatic hydroxyl groups is 4. The van der Waals surface area contributed by atoms with Crippen LogP contribution in [0.4, 0.5) is 0 Å². The minimum atomic E-state index is -1.13. The van der Waals surface area contributed by atoms with Gasteiger partial charge < -0.3 is 35.4 Å². The molecule has 1 heterocycles. The number of hydrogen-bond donors (Lipinski definition) is 6. The first kappa shape index (κ1) is 34.0. The number of hydrogen-bond acceptors (Lipinski definition) is 9. The lowest BCUT2D eigenvalue weighted by atomic mass is 10.1. The first-order valence-electron chi connectivity index (χ1n) is 10.2. The molecule has 1 aliphatic heterocycles. The maximum Gasteiger partial charge on any atom is 0.338 e. The molecule has 11 heteroatoms. The number of ether oxygens (including phenoxy) is 1. The van der Waals surface area contributed by atoms with Gasteiger partial charge in [0, 0.05) is 12.2 Å². The van der Waals surface area contributed by atoms with Crippen molar-refractivity contribution in [3.05, 3.63) is 90.0 Å². The van der Waals surface area contributed by atoms with Gasteiger partial charge in [0.2, 0.25) is 0 Å². The molecular formula is C25H30O11. The van der Waals surface area contributed by atoms with Gasteiger partial charge >= 0.3 is 23.9 Å². The minimum Gasteiger partial charge on any atom is -0.478 e. The van der Waals surface area contributed by atoms with Crippen LogP contribution in [-0.4, -0.2) is 80.4 Å². The molecule has 0 spiro atoms. The van der Waals surface area contributed by atoms with Crippen molar-refractivity contribution in [2.45, 2.75) is 13.0 Å². The average Bonchev–Trinajstić information content (AvgIpc) is 3.27. The van der Waals surface area contributed by atoms with Crippen LogP contribution >= 0.6 is 0 Å². The van der Waals surface area contributed by atoms with E-state index in [1.807, 2.05) is 36.4 Å². The predicted molar refractivity (Wildman–Crippen MR) is 130 cm³/mol. The Morgan fingerprint density at radius 3 is 1.50 bits per heavy atom. The molecule has 2 aromatic rings. The van der Waals surface area contributed by atoms with Crippen molar-refractivity contribution >= 4 is 30.0 Å². The zero-order valence-corrected chi connectivity index (χ0v) is 19.6. The molecule has 0 saturated carbocycles. The topological polar surface area (TPSA) is 199 Å². The number of esters is 2. The summed E-state index contributed by atoms with van der Waals surface area (Å²) in [5, 5.41) is 48.3. The first-order chi connectivity index (χ1) is 17.0. The first-order valence-corrected chi connectivity index (χ1v) is 10.2. The summed E-state index contributed by atoms with van der Waals surface area (Å²) in [7, 11) is 0. The lowest BCUT2D eigenvalue weighted by Gasteiger charge is -1.95. The molecule has 0 radical (unpaired) electrons. The Kier molecular flexibility index (Phi) is 20.2. The molecule has 0 aliphatic carbocycles. The minimum absolute atomic E-state index is 0.0186. The fourth-order valence-corrected chi connectivity index (χ4v) is 1.68. The zero-order chi connectivity index (χ0) is 27.9. The zero-order valence-electron chi connectivity index (χ0n) is 19.6. The lowest BCUT2D eigenvalue weighted by Crippen LogP contribution is -2.03. The summed E-state index contributed by atoms with van der Waals surface area (Å²) in [6, 6.07) is 15.2. The van der Waals surface area contributed by atoms with E-state index in [2.05, 4.69) is 11.3 Å². The SMILES string of the molecule is C=Cc1ccccc1.CC(O)CO.O=C(O)c1cccc(C(=O)O)c1.O=C1C=CC(=O)O1.OCCO. The Morgan fingerprint density at radius 1 is 0.861 bits per heavy atom. The van der Waals surface area contributed by atoms with Crippen molar-refractivity contribution < 1.29 is 54.6 Å². The van der Waals surface area contributed by atoms with E-state index >= 15 is 0 Å². The van der Waals surface area contributed by atoms with Gasteiger partial charge in [-0.3, -0.25) is 0 Å². The fraction of sp³-hybridized carbons (Fsp3) is 0.200. The number of carbonyl (C=O) groups excluding carboxylic acids is 2. The molecule has 3 rings (SSSR count). The van der Waals surface area contributed by atoms with E-state index in [-0.39, 0.29) is 30.9 Å². The van der Waals surface area contributed by atoms with Crippen LogP contribution in [0.1, 0.15) is 33.2 Å². The van der Waals surface area contributed by atoms with Crippen molar-refractivity contribution in [3.8, 4) is 0 Å². The Balaban J connectivity index is 0. The van der Waals surface area contributed by atoms with E-state index in [1.165, 1.54) is 30.7 Å². The molecule has 11 nitrogen and oxygen atoms in total. The van der Waals surface area contributed by atoms with E-state index in [0.717, 1.165) is 18.2 Å². The molecule has 0 saturated heterocycles. The monoisotopic (exact) mass is 506 g/mol. The normalized spacial score (nSPS) is 11.4.